The minimum atomic E-state index is 0.329. The Kier molecular flexibility index (Phi) is 6.82. The summed E-state index contributed by atoms with van der Waals surface area (Å²) in [4.78, 5) is 2.47. The van der Waals surface area contributed by atoms with Gasteiger partial charge in [0, 0.05) is 18.1 Å². The van der Waals surface area contributed by atoms with Gasteiger partial charge in [-0.2, -0.15) is 0 Å². The molecule has 1 aromatic rings. The van der Waals surface area contributed by atoms with Gasteiger partial charge in [-0.05, 0) is 57.9 Å². The van der Waals surface area contributed by atoms with E-state index in [9.17, 15) is 0 Å². The van der Waals surface area contributed by atoms with Gasteiger partial charge in [0.25, 0.3) is 0 Å². The minimum Gasteiger partial charge on any atom is -0.492 e. The lowest BCUT2D eigenvalue weighted by Crippen LogP contribution is -2.45. The van der Waals surface area contributed by atoms with E-state index in [1.54, 1.807) is 6.07 Å². The molecule has 0 radical (unpaired) electrons. The molecule has 2 unspecified atom stereocenters. The second-order valence-electron chi connectivity index (χ2n) is 6.11. The molecule has 5 heteroatoms. The average Bonchev–Trinajstić information content (AvgIpc) is 2.39. The van der Waals surface area contributed by atoms with E-state index in [0.29, 0.717) is 28.9 Å². The number of ether oxygens (including phenoxy) is 2. The van der Waals surface area contributed by atoms with Crippen molar-refractivity contribution in [3.63, 3.8) is 0 Å². The molecule has 1 fully saturated rings. The lowest BCUT2D eigenvalue weighted by Gasteiger charge is -2.35. The van der Waals surface area contributed by atoms with Crippen molar-refractivity contribution in [2.75, 3.05) is 26.2 Å². The lowest BCUT2D eigenvalue weighted by molar-refractivity contribution is -0.0682. The standard InChI is InChI=1S/C17H25Cl2NO2/c1-12-8-15(18)9-16(19)17(12)21-7-5-4-6-20-10-13(2)22-14(3)11-20/h8-9,13-14H,4-7,10-11H2,1-3H3. The van der Waals surface area contributed by atoms with Crippen LogP contribution < -0.4 is 4.74 Å². The highest BCUT2D eigenvalue weighted by atomic mass is 35.5. The van der Waals surface area contributed by atoms with Crippen LogP contribution in [0.2, 0.25) is 10.0 Å². The summed E-state index contributed by atoms with van der Waals surface area (Å²) < 4.78 is 11.6. The Bertz CT molecular complexity index is 463. The summed E-state index contributed by atoms with van der Waals surface area (Å²) >= 11 is 12.1. The van der Waals surface area contributed by atoms with E-state index in [1.807, 2.05) is 13.0 Å². The number of morpholine rings is 1. The van der Waals surface area contributed by atoms with Crippen LogP contribution in [0, 0.1) is 6.92 Å². The molecule has 22 heavy (non-hydrogen) atoms. The molecule has 0 N–H and O–H groups in total. The molecule has 0 aliphatic carbocycles. The summed E-state index contributed by atoms with van der Waals surface area (Å²) in [5.74, 6) is 0.750. The van der Waals surface area contributed by atoms with E-state index in [-0.39, 0.29) is 0 Å². The smallest absolute Gasteiger partial charge is 0.140 e. The number of benzene rings is 1. The fourth-order valence-corrected chi connectivity index (χ4v) is 3.60. The number of hydrogen-bond donors (Lipinski definition) is 0. The third kappa shape index (κ3) is 5.31. The summed E-state index contributed by atoms with van der Waals surface area (Å²) in [7, 11) is 0. The SMILES string of the molecule is Cc1cc(Cl)cc(Cl)c1OCCCCN1CC(C)OC(C)C1. The van der Waals surface area contributed by atoms with Gasteiger partial charge in [0.05, 0.1) is 23.8 Å². The van der Waals surface area contributed by atoms with Crippen molar-refractivity contribution in [3.8, 4) is 5.75 Å². The van der Waals surface area contributed by atoms with Crippen molar-refractivity contribution in [2.45, 2.75) is 45.8 Å². The normalized spacial score (nSPS) is 22.8. The first-order valence-electron chi connectivity index (χ1n) is 7.92. The predicted molar refractivity (Wildman–Crippen MR) is 92.4 cm³/mol. The van der Waals surface area contributed by atoms with Gasteiger partial charge in [-0.15, -0.1) is 0 Å². The van der Waals surface area contributed by atoms with Crippen LogP contribution in [0.15, 0.2) is 12.1 Å². The Morgan fingerprint density at radius 3 is 2.50 bits per heavy atom. The van der Waals surface area contributed by atoms with Gasteiger partial charge in [-0.25, -0.2) is 0 Å². The van der Waals surface area contributed by atoms with Gasteiger partial charge < -0.3 is 9.47 Å². The van der Waals surface area contributed by atoms with Crippen molar-refractivity contribution in [1.29, 1.82) is 0 Å². The van der Waals surface area contributed by atoms with Gasteiger partial charge in [-0.1, -0.05) is 23.2 Å². The van der Waals surface area contributed by atoms with Crippen molar-refractivity contribution in [2.24, 2.45) is 0 Å². The topological polar surface area (TPSA) is 21.7 Å². The molecule has 124 valence electrons. The molecule has 1 heterocycles. The van der Waals surface area contributed by atoms with Crippen LogP contribution in [0.25, 0.3) is 0 Å². The molecular formula is C17H25Cl2NO2. The zero-order chi connectivity index (χ0) is 16.1. The number of hydrogen-bond acceptors (Lipinski definition) is 3. The molecule has 0 bridgehead atoms. The van der Waals surface area contributed by atoms with Crippen LogP contribution in [0.4, 0.5) is 0 Å². The van der Waals surface area contributed by atoms with E-state index in [4.69, 9.17) is 32.7 Å². The Morgan fingerprint density at radius 1 is 1.18 bits per heavy atom. The Balaban J connectivity index is 1.69. The van der Waals surface area contributed by atoms with E-state index in [2.05, 4.69) is 18.7 Å². The number of aryl methyl sites for hydroxylation is 1. The van der Waals surface area contributed by atoms with Crippen molar-refractivity contribution in [3.05, 3.63) is 27.7 Å². The van der Waals surface area contributed by atoms with Crippen LogP contribution in [0.1, 0.15) is 32.3 Å². The highest BCUT2D eigenvalue weighted by Gasteiger charge is 2.21. The van der Waals surface area contributed by atoms with Gasteiger partial charge >= 0.3 is 0 Å². The fourth-order valence-electron chi connectivity index (χ4n) is 2.95. The van der Waals surface area contributed by atoms with E-state index >= 15 is 0 Å². The molecule has 1 aromatic carbocycles. The van der Waals surface area contributed by atoms with E-state index in [1.165, 1.54) is 0 Å². The summed E-state index contributed by atoms with van der Waals surface area (Å²) in [5, 5.41) is 1.23. The number of nitrogens with zero attached hydrogens (tertiary/aromatic N) is 1. The Morgan fingerprint density at radius 2 is 1.86 bits per heavy atom. The quantitative estimate of drug-likeness (QED) is 0.705. The minimum absolute atomic E-state index is 0.329. The maximum absolute atomic E-state index is 6.17. The first-order valence-corrected chi connectivity index (χ1v) is 8.67. The van der Waals surface area contributed by atoms with Crippen LogP contribution in [0.5, 0.6) is 5.75 Å². The van der Waals surface area contributed by atoms with Gasteiger partial charge in [0.15, 0.2) is 0 Å². The maximum atomic E-state index is 6.17. The molecule has 1 aliphatic heterocycles. The Hall–Kier alpha value is -0.480. The molecular weight excluding hydrogens is 321 g/mol. The molecule has 0 amide bonds. The predicted octanol–water partition coefficient (Wildman–Crippen LogP) is 4.57. The summed E-state index contributed by atoms with van der Waals surface area (Å²) in [6, 6.07) is 3.60. The van der Waals surface area contributed by atoms with Gasteiger partial charge in [0.2, 0.25) is 0 Å². The summed E-state index contributed by atoms with van der Waals surface area (Å²) in [6.45, 7) is 10.0. The summed E-state index contributed by atoms with van der Waals surface area (Å²) in [6.07, 6.45) is 2.79. The molecule has 0 aromatic heterocycles. The summed E-state index contributed by atoms with van der Waals surface area (Å²) in [5.41, 5.74) is 0.980. The fraction of sp³-hybridized carbons (Fsp3) is 0.647. The highest BCUT2D eigenvalue weighted by Crippen LogP contribution is 2.31. The Labute approximate surface area is 143 Å². The molecule has 3 nitrogen and oxygen atoms in total. The molecule has 2 atom stereocenters. The van der Waals surface area contributed by atoms with Crippen LogP contribution >= 0.6 is 23.2 Å². The zero-order valence-corrected chi connectivity index (χ0v) is 15.1. The van der Waals surface area contributed by atoms with Crippen molar-refractivity contribution >= 4 is 23.2 Å². The van der Waals surface area contributed by atoms with Crippen LogP contribution in [0.3, 0.4) is 0 Å². The average molecular weight is 346 g/mol. The molecule has 0 spiro atoms. The van der Waals surface area contributed by atoms with Gasteiger partial charge in [-0.3, -0.25) is 4.90 Å². The molecule has 1 aliphatic rings. The molecule has 2 rings (SSSR count). The highest BCUT2D eigenvalue weighted by molar-refractivity contribution is 6.35. The number of unbranched alkanes of at least 4 members (excludes halogenated alkanes) is 1. The lowest BCUT2D eigenvalue weighted by atomic mass is 10.2. The first-order chi connectivity index (χ1) is 10.5. The van der Waals surface area contributed by atoms with E-state index in [0.717, 1.165) is 43.8 Å². The second-order valence-corrected chi connectivity index (χ2v) is 6.95. The molecule has 1 saturated heterocycles. The van der Waals surface area contributed by atoms with Crippen LogP contribution in [-0.2, 0) is 4.74 Å². The van der Waals surface area contributed by atoms with Crippen LogP contribution in [-0.4, -0.2) is 43.3 Å². The number of halogens is 2. The van der Waals surface area contributed by atoms with Crippen molar-refractivity contribution in [1.82, 2.24) is 4.90 Å². The van der Waals surface area contributed by atoms with Gasteiger partial charge in [0.1, 0.15) is 5.75 Å². The molecule has 0 saturated carbocycles. The largest absolute Gasteiger partial charge is 0.492 e. The maximum Gasteiger partial charge on any atom is 0.140 e. The first kappa shape index (κ1) is 17.9. The third-order valence-electron chi connectivity index (χ3n) is 3.80. The monoisotopic (exact) mass is 345 g/mol. The number of rotatable bonds is 6. The third-order valence-corrected chi connectivity index (χ3v) is 4.30. The zero-order valence-electron chi connectivity index (χ0n) is 13.6. The van der Waals surface area contributed by atoms with E-state index < -0.39 is 0 Å². The second kappa shape index (κ2) is 8.39. The van der Waals surface area contributed by atoms with Crippen molar-refractivity contribution < 1.29 is 9.47 Å².